The van der Waals surface area contributed by atoms with Crippen molar-refractivity contribution in [3.63, 3.8) is 0 Å². The van der Waals surface area contributed by atoms with Gasteiger partial charge < -0.3 is 25.3 Å². The number of piperidine rings is 1. The first kappa shape index (κ1) is 43.7. The minimum absolute atomic E-state index is 0.0182. The van der Waals surface area contributed by atoms with E-state index in [1.165, 1.54) is 25.7 Å². The first-order valence-corrected chi connectivity index (χ1v) is 19.9. The number of hydrogen-bond donors (Lipinski definition) is 2. The van der Waals surface area contributed by atoms with Crippen molar-refractivity contribution in [1.29, 1.82) is 0 Å². The Balaban J connectivity index is 2.12. The Hall–Kier alpha value is -2.46. The Morgan fingerprint density at radius 1 is 0.840 bits per heavy atom. The molecule has 10 heteroatoms. The predicted octanol–water partition coefficient (Wildman–Crippen LogP) is 5.61. The Morgan fingerprint density at radius 2 is 1.44 bits per heavy atom. The fourth-order valence-electron chi connectivity index (χ4n) is 7.41. The van der Waals surface area contributed by atoms with Crippen LogP contribution in [-0.2, 0) is 19.2 Å². The molecule has 4 amide bonds. The van der Waals surface area contributed by atoms with E-state index in [1.54, 1.807) is 23.8 Å². The molecule has 2 saturated heterocycles. The van der Waals surface area contributed by atoms with Crippen LogP contribution in [0.25, 0.3) is 0 Å². The highest BCUT2D eigenvalue weighted by Crippen LogP contribution is 2.27. The molecule has 0 radical (unpaired) electrons. The summed E-state index contributed by atoms with van der Waals surface area (Å²) in [6, 6.07) is -1.57. The molecule has 0 aliphatic carbocycles. The molecule has 0 bridgehead atoms. The molecule has 50 heavy (non-hydrogen) atoms. The second-order valence-corrected chi connectivity index (χ2v) is 16.5. The van der Waals surface area contributed by atoms with Crippen LogP contribution in [0.1, 0.15) is 133 Å². The van der Waals surface area contributed by atoms with Crippen molar-refractivity contribution in [2.24, 2.45) is 11.3 Å². The van der Waals surface area contributed by atoms with E-state index in [4.69, 9.17) is 0 Å². The number of carbonyl (C=O) groups excluding carboxylic acids is 4. The van der Waals surface area contributed by atoms with Crippen molar-refractivity contribution >= 4 is 23.6 Å². The van der Waals surface area contributed by atoms with Gasteiger partial charge in [0.15, 0.2) is 0 Å². The maximum absolute atomic E-state index is 14.2. The summed E-state index contributed by atoms with van der Waals surface area (Å²) in [4.78, 5) is 63.1. The second-order valence-electron chi connectivity index (χ2n) is 16.5. The van der Waals surface area contributed by atoms with Crippen molar-refractivity contribution in [2.75, 3.05) is 46.3 Å². The summed E-state index contributed by atoms with van der Waals surface area (Å²) in [5.74, 6) is -0.486. The van der Waals surface area contributed by atoms with Gasteiger partial charge in [0.1, 0.15) is 12.1 Å². The van der Waals surface area contributed by atoms with Crippen LogP contribution < -0.4 is 10.6 Å². The van der Waals surface area contributed by atoms with Gasteiger partial charge in [0.2, 0.25) is 23.6 Å². The lowest BCUT2D eigenvalue weighted by molar-refractivity contribution is -0.142. The normalized spacial score (nSPS) is 20.4. The van der Waals surface area contributed by atoms with Gasteiger partial charge >= 0.3 is 0 Å². The summed E-state index contributed by atoms with van der Waals surface area (Å²) in [5.41, 5.74) is 0.00472. The third kappa shape index (κ3) is 12.9. The Kier molecular flexibility index (Phi) is 18.5. The van der Waals surface area contributed by atoms with Crippen molar-refractivity contribution in [3.8, 4) is 0 Å². The van der Waals surface area contributed by atoms with E-state index in [0.717, 1.165) is 58.3 Å². The maximum atomic E-state index is 14.2. The summed E-state index contributed by atoms with van der Waals surface area (Å²) < 4.78 is 0. The monoisotopic (exact) mass is 703 g/mol. The van der Waals surface area contributed by atoms with Crippen molar-refractivity contribution in [3.05, 3.63) is 11.6 Å². The van der Waals surface area contributed by atoms with Crippen LogP contribution in [0, 0.1) is 11.3 Å². The van der Waals surface area contributed by atoms with Crippen LogP contribution in [0.5, 0.6) is 0 Å². The van der Waals surface area contributed by atoms with Gasteiger partial charge in [-0.1, -0.05) is 73.8 Å². The molecule has 10 nitrogen and oxygen atoms in total. The molecule has 2 fully saturated rings. The summed E-state index contributed by atoms with van der Waals surface area (Å²) >= 11 is 0. The van der Waals surface area contributed by atoms with Gasteiger partial charge in [0.25, 0.3) is 0 Å². The summed E-state index contributed by atoms with van der Waals surface area (Å²) in [5, 5.41) is 6.27. The van der Waals surface area contributed by atoms with Crippen LogP contribution in [0.15, 0.2) is 11.6 Å². The van der Waals surface area contributed by atoms with Gasteiger partial charge in [-0.05, 0) is 103 Å². The van der Waals surface area contributed by atoms with Crippen molar-refractivity contribution < 1.29 is 19.2 Å². The smallest absolute Gasteiger partial charge is 0.249 e. The lowest BCUT2D eigenvalue weighted by atomic mass is 9.84. The number of nitrogens with one attached hydrogen (secondary N) is 2. The molecule has 0 saturated carbocycles. The first-order valence-electron chi connectivity index (χ1n) is 19.9. The molecule has 0 aromatic heterocycles. The van der Waals surface area contributed by atoms with Gasteiger partial charge in [-0.2, -0.15) is 0 Å². The lowest BCUT2D eigenvalue weighted by Gasteiger charge is -2.41. The van der Waals surface area contributed by atoms with E-state index in [1.807, 2.05) is 40.7 Å². The summed E-state index contributed by atoms with van der Waals surface area (Å²) in [7, 11) is 1.77. The standard InChI is InChI=1S/C40H74N6O4/c1-12-14-23-44(24-15-13-2)25-19-22-41-36(47)32-21-18-27-46(32)38(49)31(7)28-34(29(3)4)43(11)39(50)35(40(8,9)10)42-37(48)33-20-16-17-26-45(33)30(5)6/h28-30,32-35H,12-27H2,1-11H3,(H,41,47)(H,42,48)/b31-28+/t32-,33+,34?,35+/m0/s1. The molecule has 2 rings (SSSR count). The number of likely N-dealkylation sites (tertiary alicyclic amines) is 2. The van der Waals surface area contributed by atoms with Crippen LogP contribution in [-0.4, -0.2) is 120 Å². The molecule has 2 N–H and O–H groups in total. The third-order valence-electron chi connectivity index (χ3n) is 10.6. The molecule has 0 aromatic carbocycles. The number of carbonyl (C=O) groups is 4. The van der Waals surface area contributed by atoms with Crippen LogP contribution in [0.4, 0.5) is 0 Å². The number of nitrogens with zero attached hydrogens (tertiary/aromatic N) is 4. The molecular weight excluding hydrogens is 628 g/mol. The predicted molar refractivity (Wildman–Crippen MR) is 205 cm³/mol. The molecule has 1 unspecified atom stereocenters. The number of amides is 4. The second kappa shape index (κ2) is 21.2. The molecular formula is C40H74N6O4. The molecule has 4 atom stereocenters. The van der Waals surface area contributed by atoms with Gasteiger partial charge in [-0.15, -0.1) is 0 Å². The lowest BCUT2D eigenvalue weighted by Crippen LogP contribution is -2.60. The topological polar surface area (TPSA) is 105 Å². The molecule has 2 aliphatic heterocycles. The fourth-order valence-corrected chi connectivity index (χ4v) is 7.41. The highest BCUT2D eigenvalue weighted by Gasteiger charge is 2.40. The number of likely N-dealkylation sites (N-methyl/N-ethyl adjacent to an activating group) is 1. The molecule has 0 aromatic rings. The number of unbranched alkanes of at least 4 members (excludes halogenated alkanes) is 2. The number of hydrogen-bond acceptors (Lipinski definition) is 6. The summed E-state index contributed by atoms with van der Waals surface area (Å²) in [6.45, 7) is 25.6. The van der Waals surface area contributed by atoms with E-state index in [2.05, 4.69) is 48.1 Å². The highest BCUT2D eigenvalue weighted by molar-refractivity contribution is 5.97. The SMILES string of the molecule is CCCCN(CCCC)CCCNC(=O)[C@@H]1CCCN1C(=O)/C(C)=C/C(C(C)C)N(C)C(=O)[C@@H](NC(=O)[C@H]1CCCCN1C(C)C)C(C)(C)C. The maximum Gasteiger partial charge on any atom is 0.249 e. The number of rotatable bonds is 19. The average Bonchev–Trinajstić information content (AvgIpc) is 3.57. The zero-order chi connectivity index (χ0) is 37.6. The zero-order valence-corrected chi connectivity index (χ0v) is 33.8. The molecule has 2 aliphatic rings. The van der Waals surface area contributed by atoms with Gasteiger partial charge in [-0.3, -0.25) is 24.1 Å². The average molecular weight is 703 g/mol. The van der Waals surface area contributed by atoms with Crippen LogP contribution in [0.2, 0.25) is 0 Å². The van der Waals surface area contributed by atoms with Crippen molar-refractivity contribution in [1.82, 2.24) is 30.2 Å². The van der Waals surface area contributed by atoms with Crippen LogP contribution in [0.3, 0.4) is 0 Å². The first-order chi connectivity index (χ1) is 23.5. The molecule has 0 spiro atoms. The van der Waals surface area contributed by atoms with E-state index in [0.29, 0.717) is 25.1 Å². The third-order valence-corrected chi connectivity index (χ3v) is 10.6. The minimum Gasteiger partial charge on any atom is -0.354 e. The van der Waals surface area contributed by atoms with Crippen molar-refractivity contribution in [2.45, 2.75) is 164 Å². The largest absolute Gasteiger partial charge is 0.354 e. The highest BCUT2D eigenvalue weighted by atomic mass is 16.2. The van der Waals surface area contributed by atoms with Gasteiger partial charge in [-0.25, -0.2) is 0 Å². The summed E-state index contributed by atoms with van der Waals surface area (Å²) in [6.07, 6.45) is 11.8. The fraction of sp³-hybridized carbons (Fsp3) is 0.850. The Labute approximate surface area is 305 Å². The van der Waals surface area contributed by atoms with Crippen LogP contribution >= 0.6 is 0 Å². The molecule has 2 heterocycles. The zero-order valence-electron chi connectivity index (χ0n) is 33.8. The van der Waals surface area contributed by atoms with E-state index >= 15 is 0 Å². The van der Waals surface area contributed by atoms with E-state index < -0.39 is 17.5 Å². The van der Waals surface area contributed by atoms with E-state index in [9.17, 15) is 19.2 Å². The Morgan fingerprint density at radius 3 is 2.00 bits per heavy atom. The molecule has 288 valence electrons. The quantitative estimate of drug-likeness (QED) is 0.134. The van der Waals surface area contributed by atoms with Gasteiger partial charge in [0, 0.05) is 31.8 Å². The Bertz CT molecular complexity index is 1110. The van der Waals surface area contributed by atoms with Gasteiger partial charge in [0.05, 0.1) is 12.1 Å². The van der Waals surface area contributed by atoms with E-state index in [-0.39, 0.29) is 47.7 Å². The minimum atomic E-state index is -0.723.